The summed E-state index contributed by atoms with van der Waals surface area (Å²) in [5, 5.41) is 0.750. The minimum Gasteiger partial charge on any atom is -0.366 e. The van der Waals surface area contributed by atoms with Crippen molar-refractivity contribution in [3.05, 3.63) is 41.4 Å². The summed E-state index contributed by atoms with van der Waals surface area (Å²) in [4.78, 5) is 2.21. The van der Waals surface area contributed by atoms with Crippen LogP contribution in [0.2, 0.25) is 5.02 Å². The number of fused-ring (bicyclic) bond motifs is 1. The van der Waals surface area contributed by atoms with Crippen LogP contribution in [0.3, 0.4) is 0 Å². The predicted molar refractivity (Wildman–Crippen MR) is 60.8 cm³/mol. The van der Waals surface area contributed by atoms with E-state index in [9.17, 15) is 0 Å². The summed E-state index contributed by atoms with van der Waals surface area (Å²) in [6.07, 6.45) is 1.89. The fraction of sp³-hybridized carbons (Fsp3) is 0.273. The lowest BCUT2D eigenvalue weighted by atomic mass is 10.1. The molecule has 1 atom stereocenters. The Morgan fingerprint density at radius 1 is 1.64 bits per heavy atom. The smallest absolute Gasteiger partial charge is 0.0494 e. The minimum absolute atomic E-state index is 0.0728. The maximum absolute atomic E-state index is 6.00. The van der Waals surface area contributed by atoms with Gasteiger partial charge < -0.3 is 10.6 Å². The number of anilines is 1. The summed E-state index contributed by atoms with van der Waals surface area (Å²) < 4.78 is 0. The van der Waals surface area contributed by atoms with Gasteiger partial charge >= 0.3 is 0 Å². The molecular weight excluding hydrogens is 196 g/mol. The van der Waals surface area contributed by atoms with Crippen molar-refractivity contribution in [3.63, 3.8) is 0 Å². The maximum atomic E-state index is 6.00. The molecule has 0 aromatic heterocycles. The highest BCUT2D eigenvalue weighted by Gasteiger charge is 2.24. The van der Waals surface area contributed by atoms with E-state index in [1.807, 2.05) is 24.3 Å². The second kappa shape index (κ2) is 3.64. The molecule has 2 rings (SSSR count). The van der Waals surface area contributed by atoms with Gasteiger partial charge in [-0.15, -0.1) is 6.58 Å². The van der Waals surface area contributed by atoms with Crippen molar-refractivity contribution in [1.29, 1.82) is 0 Å². The molecule has 0 spiro atoms. The molecule has 3 heteroatoms. The summed E-state index contributed by atoms with van der Waals surface area (Å²) in [6.45, 7) is 5.42. The zero-order valence-corrected chi connectivity index (χ0v) is 8.67. The van der Waals surface area contributed by atoms with Crippen LogP contribution in [0.25, 0.3) is 0 Å². The van der Waals surface area contributed by atoms with Gasteiger partial charge in [0.1, 0.15) is 0 Å². The van der Waals surface area contributed by atoms with Gasteiger partial charge in [0.2, 0.25) is 0 Å². The number of benzene rings is 1. The number of halogens is 1. The summed E-state index contributed by atoms with van der Waals surface area (Å²) in [7, 11) is 0. The van der Waals surface area contributed by atoms with Crippen LogP contribution >= 0.6 is 11.6 Å². The SMILES string of the molecule is C=CCN1C[C@@H](N)c2cc(Cl)ccc21. The summed E-state index contributed by atoms with van der Waals surface area (Å²) in [5.41, 5.74) is 8.32. The van der Waals surface area contributed by atoms with Gasteiger partial charge in [-0.3, -0.25) is 0 Å². The van der Waals surface area contributed by atoms with Gasteiger partial charge in [0.05, 0.1) is 0 Å². The molecule has 0 radical (unpaired) electrons. The van der Waals surface area contributed by atoms with Gasteiger partial charge in [-0.1, -0.05) is 17.7 Å². The average molecular weight is 209 g/mol. The molecule has 74 valence electrons. The first-order chi connectivity index (χ1) is 6.72. The van der Waals surface area contributed by atoms with Crippen LogP contribution in [-0.4, -0.2) is 13.1 Å². The fourth-order valence-corrected chi connectivity index (χ4v) is 2.05. The average Bonchev–Trinajstić information content (AvgIpc) is 2.44. The third-order valence-electron chi connectivity index (χ3n) is 2.50. The highest BCUT2D eigenvalue weighted by atomic mass is 35.5. The van der Waals surface area contributed by atoms with Gasteiger partial charge in [0, 0.05) is 29.8 Å². The molecule has 14 heavy (non-hydrogen) atoms. The highest BCUT2D eigenvalue weighted by Crippen LogP contribution is 2.34. The lowest BCUT2D eigenvalue weighted by Crippen LogP contribution is -2.24. The largest absolute Gasteiger partial charge is 0.366 e. The van der Waals surface area contributed by atoms with E-state index in [-0.39, 0.29) is 6.04 Å². The summed E-state index contributed by atoms with van der Waals surface area (Å²) >= 11 is 5.92. The van der Waals surface area contributed by atoms with Crippen molar-refractivity contribution in [1.82, 2.24) is 0 Å². The number of rotatable bonds is 2. The number of hydrogen-bond acceptors (Lipinski definition) is 2. The monoisotopic (exact) mass is 208 g/mol. The molecular formula is C11H13ClN2. The molecule has 2 nitrogen and oxygen atoms in total. The van der Waals surface area contributed by atoms with Crippen molar-refractivity contribution >= 4 is 17.3 Å². The number of nitrogens with zero attached hydrogens (tertiary/aromatic N) is 1. The minimum atomic E-state index is 0.0728. The van der Waals surface area contributed by atoms with E-state index in [2.05, 4.69) is 11.5 Å². The molecule has 1 heterocycles. The lowest BCUT2D eigenvalue weighted by Gasteiger charge is -2.16. The third-order valence-corrected chi connectivity index (χ3v) is 2.73. The second-order valence-electron chi connectivity index (χ2n) is 3.50. The van der Waals surface area contributed by atoms with Crippen molar-refractivity contribution in [3.8, 4) is 0 Å². The molecule has 0 bridgehead atoms. The Morgan fingerprint density at radius 3 is 3.14 bits per heavy atom. The summed E-state index contributed by atoms with van der Waals surface area (Å²) in [5.74, 6) is 0. The van der Waals surface area contributed by atoms with Crippen molar-refractivity contribution in [2.45, 2.75) is 6.04 Å². The van der Waals surface area contributed by atoms with E-state index < -0.39 is 0 Å². The zero-order valence-electron chi connectivity index (χ0n) is 7.91. The predicted octanol–water partition coefficient (Wildman–Crippen LogP) is 2.35. The lowest BCUT2D eigenvalue weighted by molar-refractivity contribution is 0.745. The van der Waals surface area contributed by atoms with Crippen molar-refractivity contribution < 1.29 is 0 Å². The molecule has 0 amide bonds. The Morgan fingerprint density at radius 2 is 2.43 bits per heavy atom. The normalized spacial score (nSPS) is 19.6. The Kier molecular flexibility index (Phi) is 2.48. The van der Waals surface area contributed by atoms with Gasteiger partial charge in [0.25, 0.3) is 0 Å². The molecule has 0 unspecified atom stereocenters. The first-order valence-electron chi connectivity index (χ1n) is 4.63. The molecule has 1 aliphatic heterocycles. The zero-order chi connectivity index (χ0) is 10.1. The van der Waals surface area contributed by atoms with Crippen molar-refractivity contribution in [2.24, 2.45) is 5.73 Å². The molecule has 0 aliphatic carbocycles. The van der Waals surface area contributed by atoms with Crippen molar-refractivity contribution in [2.75, 3.05) is 18.0 Å². The molecule has 1 aromatic carbocycles. The van der Waals surface area contributed by atoms with E-state index >= 15 is 0 Å². The van der Waals surface area contributed by atoms with E-state index in [0.717, 1.165) is 23.7 Å². The van der Waals surface area contributed by atoms with Gasteiger partial charge in [0.15, 0.2) is 0 Å². The topological polar surface area (TPSA) is 29.3 Å². The number of hydrogen-bond donors (Lipinski definition) is 1. The van der Waals surface area contributed by atoms with Crippen LogP contribution in [0.15, 0.2) is 30.9 Å². The van der Waals surface area contributed by atoms with E-state index in [1.54, 1.807) is 0 Å². The van der Waals surface area contributed by atoms with Crippen LogP contribution < -0.4 is 10.6 Å². The molecule has 0 saturated heterocycles. The second-order valence-corrected chi connectivity index (χ2v) is 3.94. The Hall–Kier alpha value is -0.990. The molecule has 0 saturated carbocycles. The van der Waals surface area contributed by atoms with Gasteiger partial charge in [-0.2, -0.15) is 0 Å². The summed E-state index contributed by atoms with van der Waals surface area (Å²) in [6, 6.07) is 5.94. The van der Waals surface area contributed by atoms with E-state index in [1.165, 1.54) is 5.69 Å². The Balaban J connectivity index is 2.39. The Bertz CT molecular complexity index is 362. The highest BCUT2D eigenvalue weighted by molar-refractivity contribution is 6.30. The van der Waals surface area contributed by atoms with Crippen LogP contribution in [0.4, 0.5) is 5.69 Å². The molecule has 2 N–H and O–H groups in total. The van der Waals surface area contributed by atoms with Crippen LogP contribution in [0, 0.1) is 0 Å². The quantitative estimate of drug-likeness (QED) is 0.756. The van der Waals surface area contributed by atoms with Crippen LogP contribution in [0.5, 0.6) is 0 Å². The first kappa shape index (κ1) is 9.56. The maximum Gasteiger partial charge on any atom is 0.0494 e. The van der Waals surface area contributed by atoms with Crippen LogP contribution in [0.1, 0.15) is 11.6 Å². The standard InChI is InChI=1S/C11H13ClN2/c1-2-5-14-7-10(13)9-6-8(12)3-4-11(9)14/h2-4,6,10H,1,5,7,13H2/t10-/m1/s1. The fourth-order valence-electron chi connectivity index (χ4n) is 1.87. The van der Waals surface area contributed by atoms with Gasteiger partial charge in [-0.05, 0) is 23.8 Å². The molecule has 1 aromatic rings. The van der Waals surface area contributed by atoms with Crippen LogP contribution in [-0.2, 0) is 0 Å². The first-order valence-corrected chi connectivity index (χ1v) is 5.01. The Labute approximate surface area is 89.0 Å². The molecule has 1 aliphatic rings. The molecule has 0 fully saturated rings. The van der Waals surface area contributed by atoms with E-state index in [0.29, 0.717) is 0 Å². The number of nitrogens with two attached hydrogens (primary N) is 1. The van der Waals surface area contributed by atoms with E-state index in [4.69, 9.17) is 17.3 Å². The third kappa shape index (κ3) is 1.51. The van der Waals surface area contributed by atoms with Gasteiger partial charge in [-0.25, -0.2) is 0 Å².